The molecule has 1 rings (SSSR count). The lowest BCUT2D eigenvalue weighted by Gasteiger charge is -2.28. The van der Waals surface area contributed by atoms with Crippen molar-refractivity contribution in [1.29, 1.82) is 0 Å². The molecule has 2 amide bonds. The highest BCUT2D eigenvalue weighted by Crippen LogP contribution is 2.14. The van der Waals surface area contributed by atoms with Gasteiger partial charge in [-0.1, -0.05) is 24.3 Å². The van der Waals surface area contributed by atoms with Gasteiger partial charge in [0.05, 0.1) is 6.21 Å². The first-order valence-electron chi connectivity index (χ1n) is 7.64. The van der Waals surface area contributed by atoms with Crippen LogP contribution in [0.2, 0.25) is 0 Å². The van der Waals surface area contributed by atoms with E-state index in [0.29, 0.717) is 6.41 Å². The number of likely N-dealkylation sites (N-methyl/N-ethyl adjacent to an activating group) is 1. The first-order valence-corrected chi connectivity index (χ1v) is 7.64. The maximum absolute atomic E-state index is 12.1. The highest BCUT2D eigenvalue weighted by Gasteiger charge is 2.30. The largest absolute Gasteiger partial charge is 0.480 e. The van der Waals surface area contributed by atoms with Gasteiger partial charge in [0.1, 0.15) is 11.6 Å². The van der Waals surface area contributed by atoms with E-state index in [2.05, 4.69) is 10.5 Å². The molecule has 1 atom stereocenters. The van der Waals surface area contributed by atoms with E-state index in [9.17, 15) is 19.5 Å². The van der Waals surface area contributed by atoms with E-state index >= 15 is 0 Å². The lowest BCUT2D eigenvalue weighted by atomic mass is 10.0. The Morgan fingerprint density at radius 3 is 2.40 bits per heavy atom. The molecule has 0 saturated heterocycles. The number of carboxylic acids is 1. The summed E-state index contributed by atoms with van der Waals surface area (Å²) in [6.07, 6.45) is 1.35. The molecule has 0 heterocycles. The highest BCUT2D eigenvalue weighted by atomic mass is 16.6. The number of carbonyl (C=O) groups excluding carboxylic acids is 2. The molecular weight excluding hydrogens is 326 g/mol. The zero-order valence-electron chi connectivity index (χ0n) is 14.7. The van der Waals surface area contributed by atoms with Crippen molar-refractivity contribution in [3.8, 4) is 0 Å². The molecule has 0 radical (unpaired) electrons. The van der Waals surface area contributed by atoms with Crippen LogP contribution in [0.4, 0.5) is 4.79 Å². The number of ether oxygens (including phenoxy) is 1. The van der Waals surface area contributed by atoms with Gasteiger partial charge in [0.2, 0.25) is 6.41 Å². The molecule has 2 N–H and O–H groups in total. The van der Waals surface area contributed by atoms with Gasteiger partial charge in [-0.15, -0.1) is 0 Å². The van der Waals surface area contributed by atoms with Crippen LogP contribution in [0.15, 0.2) is 29.4 Å². The van der Waals surface area contributed by atoms with E-state index in [1.807, 2.05) is 0 Å². The van der Waals surface area contributed by atoms with Crippen LogP contribution in [-0.4, -0.2) is 53.4 Å². The van der Waals surface area contributed by atoms with Crippen molar-refractivity contribution in [1.82, 2.24) is 10.3 Å². The van der Waals surface area contributed by atoms with Gasteiger partial charge < -0.3 is 9.84 Å². The summed E-state index contributed by atoms with van der Waals surface area (Å²) in [4.78, 5) is 34.8. The number of hydrogen-bond donors (Lipinski definition) is 2. The number of carbonyl (C=O) groups is 3. The van der Waals surface area contributed by atoms with Crippen LogP contribution in [-0.2, 0) is 20.7 Å². The minimum Gasteiger partial charge on any atom is -0.480 e. The standard InChI is InChI=1S/C17H23N3O5/c1-17(2,3)25-16(24)20(4)14(15(22)23)9-12-5-7-13(8-6-12)10-18-19-11-21/h5-8,10-11,14H,9H2,1-4H3,(H,19,21)(H,22,23)/b18-10+. The molecule has 136 valence electrons. The molecular formula is C17H23N3O5. The van der Waals surface area contributed by atoms with Gasteiger partial charge in [0.15, 0.2) is 0 Å². The third-order valence-electron chi connectivity index (χ3n) is 3.18. The smallest absolute Gasteiger partial charge is 0.410 e. The van der Waals surface area contributed by atoms with E-state index in [1.54, 1.807) is 45.0 Å². The second-order valence-electron chi connectivity index (χ2n) is 6.40. The molecule has 0 aromatic heterocycles. The average Bonchev–Trinajstić information content (AvgIpc) is 2.51. The molecule has 1 aromatic carbocycles. The molecule has 0 saturated carbocycles. The SMILES string of the molecule is CN(C(=O)OC(C)(C)C)C(Cc1ccc(/C=N/NC=O)cc1)C(=O)O. The summed E-state index contributed by atoms with van der Waals surface area (Å²) >= 11 is 0. The topological polar surface area (TPSA) is 108 Å². The van der Waals surface area contributed by atoms with Gasteiger partial charge in [-0.3, -0.25) is 9.69 Å². The third-order valence-corrected chi connectivity index (χ3v) is 3.18. The Kier molecular flexibility index (Phi) is 7.10. The summed E-state index contributed by atoms with van der Waals surface area (Å²) in [5.74, 6) is -1.12. The maximum Gasteiger partial charge on any atom is 0.410 e. The van der Waals surface area contributed by atoms with Gasteiger partial charge in [0, 0.05) is 13.5 Å². The molecule has 0 bridgehead atoms. The predicted molar refractivity (Wildman–Crippen MR) is 92.4 cm³/mol. The first-order chi connectivity index (χ1) is 11.6. The fraction of sp³-hybridized carbons (Fsp3) is 0.412. The van der Waals surface area contributed by atoms with Crippen LogP contribution in [0.5, 0.6) is 0 Å². The van der Waals surface area contributed by atoms with Crippen LogP contribution in [0.3, 0.4) is 0 Å². The van der Waals surface area contributed by atoms with Crippen molar-refractivity contribution >= 4 is 24.7 Å². The van der Waals surface area contributed by atoms with Crippen LogP contribution < -0.4 is 5.43 Å². The van der Waals surface area contributed by atoms with Crippen LogP contribution in [0.1, 0.15) is 31.9 Å². The zero-order chi connectivity index (χ0) is 19.0. The van der Waals surface area contributed by atoms with Crippen molar-refractivity contribution in [2.24, 2.45) is 5.10 Å². The van der Waals surface area contributed by atoms with E-state index in [0.717, 1.165) is 16.0 Å². The quantitative estimate of drug-likeness (QED) is 0.442. The molecule has 1 aromatic rings. The molecule has 25 heavy (non-hydrogen) atoms. The Hall–Kier alpha value is -2.90. The molecule has 8 nitrogen and oxygen atoms in total. The summed E-state index contributed by atoms with van der Waals surface area (Å²) in [5, 5.41) is 13.1. The Bertz CT molecular complexity index is 635. The van der Waals surface area contributed by atoms with Crippen LogP contribution >= 0.6 is 0 Å². The van der Waals surface area contributed by atoms with Gasteiger partial charge in [0.25, 0.3) is 0 Å². The maximum atomic E-state index is 12.1. The summed E-state index contributed by atoms with van der Waals surface area (Å²) in [6, 6.07) is 5.89. The molecule has 0 spiro atoms. The van der Waals surface area contributed by atoms with Crippen molar-refractivity contribution in [2.75, 3.05) is 7.05 Å². The number of rotatable bonds is 7. The Labute approximate surface area is 146 Å². The number of benzene rings is 1. The lowest BCUT2D eigenvalue weighted by Crippen LogP contribution is -2.46. The number of hydrazone groups is 1. The number of aliphatic carboxylic acids is 1. The second-order valence-corrected chi connectivity index (χ2v) is 6.40. The Morgan fingerprint density at radius 1 is 1.32 bits per heavy atom. The van der Waals surface area contributed by atoms with E-state index in [4.69, 9.17) is 4.74 Å². The molecule has 0 aliphatic carbocycles. The second kappa shape index (κ2) is 8.81. The van der Waals surface area contributed by atoms with Crippen LogP contribution in [0.25, 0.3) is 0 Å². The summed E-state index contributed by atoms with van der Waals surface area (Å²) in [6.45, 7) is 5.15. The summed E-state index contributed by atoms with van der Waals surface area (Å²) in [7, 11) is 1.40. The van der Waals surface area contributed by atoms with Gasteiger partial charge in [-0.05, 0) is 31.9 Å². The average molecular weight is 349 g/mol. The van der Waals surface area contributed by atoms with Gasteiger partial charge >= 0.3 is 12.1 Å². The molecule has 0 aliphatic heterocycles. The normalized spacial score (nSPS) is 12.5. The molecule has 0 fully saturated rings. The van der Waals surface area contributed by atoms with Gasteiger partial charge in [-0.2, -0.15) is 5.10 Å². The van der Waals surface area contributed by atoms with Gasteiger partial charge in [-0.25, -0.2) is 15.0 Å². The number of carboxylic acid groups (broad SMARTS) is 1. The Balaban J connectivity index is 2.82. The van der Waals surface area contributed by atoms with E-state index in [-0.39, 0.29) is 6.42 Å². The molecule has 8 heteroatoms. The fourth-order valence-corrected chi connectivity index (χ4v) is 1.96. The summed E-state index contributed by atoms with van der Waals surface area (Å²) < 4.78 is 5.21. The highest BCUT2D eigenvalue weighted by molar-refractivity contribution is 5.81. The lowest BCUT2D eigenvalue weighted by molar-refractivity contribution is -0.142. The first kappa shape index (κ1) is 20.1. The van der Waals surface area contributed by atoms with Crippen molar-refractivity contribution < 1.29 is 24.2 Å². The molecule has 0 aliphatic rings. The van der Waals surface area contributed by atoms with Crippen molar-refractivity contribution in [3.63, 3.8) is 0 Å². The Morgan fingerprint density at radius 2 is 1.92 bits per heavy atom. The number of nitrogens with one attached hydrogen (secondary N) is 1. The van der Waals surface area contributed by atoms with Crippen LogP contribution in [0, 0.1) is 0 Å². The van der Waals surface area contributed by atoms with Crippen molar-refractivity contribution in [3.05, 3.63) is 35.4 Å². The molecule has 1 unspecified atom stereocenters. The number of nitrogens with zero attached hydrogens (tertiary/aromatic N) is 2. The van der Waals surface area contributed by atoms with E-state index in [1.165, 1.54) is 13.3 Å². The minimum absolute atomic E-state index is 0.134. The third kappa shape index (κ3) is 7.03. The fourth-order valence-electron chi connectivity index (χ4n) is 1.96. The predicted octanol–water partition coefficient (Wildman–Crippen LogP) is 1.63. The zero-order valence-corrected chi connectivity index (χ0v) is 14.7. The van der Waals surface area contributed by atoms with E-state index < -0.39 is 23.7 Å². The number of hydrogen-bond acceptors (Lipinski definition) is 5. The minimum atomic E-state index is -1.12. The monoisotopic (exact) mass is 349 g/mol. The number of amides is 2. The van der Waals surface area contributed by atoms with Crippen molar-refractivity contribution in [2.45, 2.75) is 38.8 Å². The summed E-state index contributed by atoms with van der Waals surface area (Å²) in [5.41, 5.74) is 2.93.